The van der Waals surface area contributed by atoms with Crippen molar-refractivity contribution >= 4 is 28.8 Å². The van der Waals surface area contributed by atoms with Gasteiger partial charge in [0.2, 0.25) is 0 Å². The molecule has 0 bridgehead atoms. The van der Waals surface area contributed by atoms with Crippen LogP contribution in [-0.4, -0.2) is 29.6 Å². The molecule has 5 nitrogen and oxygen atoms in total. The fourth-order valence-corrected chi connectivity index (χ4v) is 4.26. The van der Waals surface area contributed by atoms with Gasteiger partial charge in [-0.2, -0.15) is 0 Å². The van der Waals surface area contributed by atoms with Gasteiger partial charge in [-0.05, 0) is 61.9 Å². The van der Waals surface area contributed by atoms with Gasteiger partial charge in [0.05, 0.1) is 18.2 Å². The summed E-state index contributed by atoms with van der Waals surface area (Å²) in [4.78, 5) is 26.1. The number of hydrogen-bond donors (Lipinski definition) is 3. The Morgan fingerprint density at radius 1 is 1.15 bits per heavy atom. The molecule has 0 radical (unpaired) electrons. The molecule has 0 saturated heterocycles. The molecule has 2 amide bonds. The molecule has 26 heavy (non-hydrogen) atoms. The number of carbonyl (C=O) groups is 2. The molecule has 3 rings (SSSR count). The van der Waals surface area contributed by atoms with E-state index in [4.69, 9.17) is 0 Å². The topological polar surface area (TPSA) is 78.4 Å². The molecule has 1 aliphatic carbocycles. The van der Waals surface area contributed by atoms with Gasteiger partial charge in [-0.1, -0.05) is 6.92 Å². The summed E-state index contributed by atoms with van der Waals surface area (Å²) in [6, 6.07) is 6.57. The molecule has 0 spiro atoms. The number of fused-ring (bicyclic) bond motifs is 1. The van der Waals surface area contributed by atoms with Crippen molar-refractivity contribution in [2.45, 2.75) is 45.1 Å². The number of amides is 2. The zero-order chi connectivity index (χ0) is 18.5. The van der Waals surface area contributed by atoms with Crippen LogP contribution < -0.4 is 10.6 Å². The second kappa shape index (κ2) is 8.47. The van der Waals surface area contributed by atoms with Crippen LogP contribution in [0.5, 0.6) is 0 Å². The summed E-state index contributed by atoms with van der Waals surface area (Å²) in [5.74, 6) is -0.316. The summed E-state index contributed by atoms with van der Waals surface area (Å²) >= 11 is 1.67. The second-order valence-electron chi connectivity index (χ2n) is 6.55. The first-order valence-electron chi connectivity index (χ1n) is 9.04. The molecule has 1 unspecified atom stereocenters. The predicted octanol–water partition coefficient (Wildman–Crippen LogP) is 3.38. The summed E-state index contributed by atoms with van der Waals surface area (Å²) in [5.41, 5.74) is 3.14. The molecule has 1 aromatic heterocycles. The molecule has 0 aliphatic heterocycles. The lowest BCUT2D eigenvalue weighted by atomic mass is 9.95. The van der Waals surface area contributed by atoms with E-state index >= 15 is 0 Å². The Kier molecular flexibility index (Phi) is 6.06. The Morgan fingerprint density at radius 2 is 1.88 bits per heavy atom. The standard InChI is InChI=1S/C20H24N2O3S/c1-2-14(11-23)21-19(24)13-7-9-15(10-8-13)22-20(25)17-12-26-18-6-4-3-5-16(17)18/h7-10,12,14,23H,2-6,11H2,1H3,(H,21,24)(H,22,25). The van der Waals surface area contributed by atoms with Crippen LogP contribution in [0, 0.1) is 0 Å². The Labute approximate surface area is 157 Å². The molecule has 1 atom stereocenters. The number of thiophene rings is 1. The Bertz CT molecular complexity index is 779. The molecule has 0 saturated carbocycles. The van der Waals surface area contributed by atoms with E-state index in [1.165, 1.54) is 16.9 Å². The number of benzene rings is 1. The second-order valence-corrected chi connectivity index (χ2v) is 7.52. The predicted molar refractivity (Wildman–Crippen MR) is 104 cm³/mol. The minimum Gasteiger partial charge on any atom is -0.394 e. The van der Waals surface area contributed by atoms with Crippen LogP contribution in [-0.2, 0) is 12.8 Å². The van der Waals surface area contributed by atoms with Gasteiger partial charge in [-0.25, -0.2) is 0 Å². The lowest BCUT2D eigenvalue weighted by molar-refractivity contribution is 0.0914. The van der Waals surface area contributed by atoms with Crippen molar-refractivity contribution in [3.8, 4) is 0 Å². The van der Waals surface area contributed by atoms with E-state index in [2.05, 4.69) is 10.6 Å². The van der Waals surface area contributed by atoms with E-state index in [1.54, 1.807) is 35.6 Å². The number of rotatable bonds is 6. The van der Waals surface area contributed by atoms with E-state index in [0.717, 1.165) is 24.8 Å². The summed E-state index contributed by atoms with van der Waals surface area (Å²) < 4.78 is 0. The molecule has 3 N–H and O–H groups in total. The molecule has 138 valence electrons. The number of hydrogen-bond acceptors (Lipinski definition) is 4. The van der Waals surface area contributed by atoms with E-state index < -0.39 is 0 Å². The van der Waals surface area contributed by atoms with Gasteiger partial charge < -0.3 is 15.7 Å². The molecular weight excluding hydrogens is 348 g/mol. The summed E-state index contributed by atoms with van der Waals surface area (Å²) in [7, 11) is 0. The number of anilines is 1. The Hall–Kier alpha value is -2.18. The fourth-order valence-electron chi connectivity index (χ4n) is 3.13. The lowest BCUT2D eigenvalue weighted by Gasteiger charge is -2.14. The highest BCUT2D eigenvalue weighted by Gasteiger charge is 2.20. The van der Waals surface area contributed by atoms with Crippen LogP contribution in [0.3, 0.4) is 0 Å². The van der Waals surface area contributed by atoms with Crippen molar-refractivity contribution in [3.63, 3.8) is 0 Å². The molecule has 2 aromatic rings. The Balaban J connectivity index is 1.65. The van der Waals surface area contributed by atoms with Gasteiger partial charge in [0, 0.05) is 21.5 Å². The van der Waals surface area contributed by atoms with Crippen LogP contribution in [0.2, 0.25) is 0 Å². The van der Waals surface area contributed by atoms with E-state index in [0.29, 0.717) is 17.7 Å². The van der Waals surface area contributed by atoms with Crippen molar-refractivity contribution < 1.29 is 14.7 Å². The highest BCUT2D eigenvalue weighted by molar-refractivity contribution is 7.10. The monoisotopic (exact) mass is 372 g/mol. The summed E-state index contributed by atoms with van der Waals surface area (Å²) in [6.45, 7) is 1.82. The molecule has 1 aromatic carbocycles. The van der Waals surface area contributed by atoms with Crippen LogP contribution in [0.15, 0.2) is 29.6 Å². The van der Waals surface area contributed by atoms with Crippen LogP contribution >= 0.6 is 11.3 Å². The lowest BCUT2D eigenvalue weighted by Crippen LogP contribution is -2.36. The van der Waals surface area contributed by atoms with Crippen LogP contribution in [0.25, 0.3) is 0 Å². The van der Waals surface area contributed by atoms with E-state index in [-0.39, 0.29) is 24.5 Å². The molecule has 1 heterocycles. The van der Waals surface area contributed by atoms with Crippen LogP contribution in [0.4, 0.5) is 5.69 Å². The maximum atomic E-state index is 12.6. The molecule has 1 aliphatic rings. The average Bonchev–Trinajstić information content (AvgIpc) is 3.10. The number of aliphatic hydroxyl groups is 1. The highest BCUT2D eigenvalue weighted by Crippen LogP contribution is 2.30. The van der Waals surface area contributed by atoms with Crippen molar-refractivity contribution in [3.05, 3.63) is 51.2 Å². The third kappa shape index (κ3) is 4.14. The normalized spacial score (nSPS) is 14.4. The van der Waals surface area contributed by atoms with E-state index in [1.807, 2.05) is 12.3 Å². The smallest absolute Gasteiger partial charge is 0.256 e. The van der Waals surface area contributed by atoms with Gasteiger partial charge in [0.1, 0.15) is 0 Å². The number of carbonyl (C=O) groups excluding carboxylic acids is 2. The number of aliphatic hydroxyl groups excluding tert-OH is 1. The molecule has 0 fully saturated rings. The first kappa shape index (κ1) is 18.6. The van der Waals surface area contributed by atoms with Gasteiger partial charge in [-0.3, -0.25) is 9.59 Å². The van der Waals surface area contributed by atoms with Gasteiger partial charge in [-0.15, -0.1) is 11.3 Å². The third-order valence-electron chi connectivity index (χ3n) is 4.76. The first-order valence-corrected chi connectivity index (χ1v) is 9.92. The fraction of sp³-hybridized carbons (Fsp3) is 0.400. The van der Waals surface area contributed by atoms with Gasteiger partial charge in [0.15, 0.2) is 0 Å². The molecule has 6 heteroatoms. The van der Waals surface area contributed by atoms with Gasteiger partial charge in [0.25, 0.3) is 11.8 Å². The molecular formula is C20H24N2O3S. The van der Waals surface area contributed by atoms with Crippen LogP contribution in [0.1, 0.15) is 57.3 Å². The minimum atomic E-state index is -0.244. The van der Waals surface area contributed by atoms with Crippen molar-refractivity contribution in [2.75, 3.05) is 11.9 Å². The highest BCUT2D eigenvalue weighted by atomic mass is 32.1. The largest absolute Gasteiger partial charge is 0.394 e. The quantitative estimate of drug-likeness (QED) is 0.727. The number of aryl methyl sites for hydroxylation is 1. The average molecular weight is 372 g/mol. The zero-order valence-electron chi connectivity index (χ0n) is 14.9. The summed E-state index contributed by atoms with van der Waals surface area (Å²) in [6.07, 6.45) is 5.06. The van der Waals surface area contributed by atoms with Crippen molar-refractivity contribution in [1.82, 2.24) is 5.32 Å². The van der Waals surface area contributed by atoms with Gasteiger partial charge >= 0.3 is 0 Å². The third-order valence-corrected chi connectivity index (χ3v) is 5.85. The first-order chi connectivity index (χ1) is 12.6. The maximum absolute atomic E-state index is 12.6. The Morgan fingerprint density at radius 3 is 2.58 bits per heavy atom. The van der Waals surface area contributed by atoms with E-state index in [9.17, 15) is 14.7 Å². The maximum Gasteiger partial charge on any atom is 0.256 e. The number of nitrogens with one attached hydrogen (secondary N) is 2. The summed E-state index contributed by atoms with van der Waals surface area (Å²) in [5, 5.41) is 16.8. The SMILES string of the molecule is CCC(CO)NC(=O)c1ccc(NC(=O)c2csc3c2CCCC3)cc1. The van der Waals surface area contributed by atoms with Crippen molar-refractivity contribution in [1.29, 1.82) is 0 Å². The minimum absolute atomic E-state index is 0.0820. The van der Waals surface area contributed by atoms with Crippen molar-refractivity contribution in [2.24, 2.45) is 0 Å². The zero-order valence-corrected chi connectivity index (χ0v) is 15.7.